The summed E-state index contributed by atoms with van der Waals surface area (Å²) in [7, 11) is 1.62. The quantitative estimate of drug-likeness (QED) is 0.652. The van der Waals surface area contributed by atoms with Crippen LogP contribution in [-0.2, 0) is 4.79 Å². The van der Waals surface area contributed by atoms with Crippen LogP contribution >= 0.6 is 0 Å². The van der Waals surface area contributed by atoms with E-state index in [9.17, 15) is 4.79 Å². The second kappa shape index (κ2) is 8.39. The Morgan fingerprint density at radius 1 is 1.10 bits per heavy atom. The minimum Gasteiger partial charge on any atom is -0.493 e. The van der Waals surface area contributed by atoms with Crippen LogP contribution in [0.25, 0.3) is 10.9 Å². The third-order valence-electron chi connectivity index (χ3n) is 5.08. The Bertz CT molecular complexity index is 998. The van der Waals surface area contributed by atoms with Gasteiger partial charge in [-0.3, -0.25) is 9.78 Å². The molecule has 29 heavy (non-hydrogen) atoms. The molecular formula is C23H23N2O4. The number of nitrogens with zero attached hydrogens (tertiary/aromatic N) is 2. The molecule has 6 heteroatoms. The summed E-state index contributed by atoms with van der Waals surface area (Å²) in [4.78, 5) is 17.8. The van der Waals surface area contributed by atoms with Gasteiger partial charge in [0, 0.05) is 50.5 Å². The van der Waals surface area contributed by atoms with Gasteiger partial charge in [0.15, 0.2) is 11.5 Å². The molecule has 1 amide bonds. The molecule has 4 rings (SSSR count). The Labute approximate surface area is 170 Å². The molecule has 0 saturated carbocycles. The molecule has 0 atom stereocenters. The summed E-state index contributed by atoms with van der Waals surface area (Å²) in [5.74, 6) is 2.82. The number of pyridine rings is 1. The van der Waals surface area contributed by atoms with Gasteiger partial charge in [0.25, 0.3) is 0 Å². The van der Waals surface area contributed by atoms with Gasteiger partial charge < -0.3 is 19.1 Å². The third kappa shape index (κ3) is 4.26. The maximum Gasteiger partial charge on any atom is 0.219 e. The summed E-state index contributed by atoms with van der Waals surface area (Å²) in [6, 6.07) is 15.9. The van der Waals surface area contributed by atoms with E-state index in [0.717, 1.165) is 29.5 Å². The predicted octanol–water partition coefficient (Wildman–Crippen LogP) is 4.23. The number of amides is 1. The van der Waals surface area contributed by atoms with Crippen LogP contribution in [0.4, 0.5) is 0 Å². The minimum absolute atomic E-state index is 0.0388. The van der Waals surface area contributed by atoms with Gasteiger partial charge in [-0.15, -0.1) is 0 Å². The monoisotopic (exact) mass is 391 g/mol. The average Bonchev–Trinajstić information content (AvgIpc) is 2.74. The Kier molecular flexibility index (Phi) is 5.51. The van der Waals surface area contributed by atoms with Crippen molar-refractivity contribution in [2.75, 3.05) is 20.2 Å². The molecule has 1 aliphatic rings. The molecule has 1 aromatic heterocycles. The van der Waals surface area contributed by atoms with E-state index in [-0.39, 0.29) is 12.0 Å². The maximum atomic E-state index is 11.5. The van der Waals surface area contributed by atoms with E-state index in [1.165, 1.54) is 0 Å². The normalized spacial score (nSPS) is 14.6. The summed E-state index contributed by atoms with van der Waals surface area (Å²) in [6.45, 7) is 3.02. The van der Waals surface area contributed by atoms with Crippen molar-refractivity contribution in [1.82, 2.24) is 9.88 Å². The van der Waals surface area contributed by atoms with E-state index in [4.69, 9.17) is 14.2 Å². The molecule has 6 nitrogen and oxygen atoms in total. The van der Waals surface area contributed by atoms with Crippen LogP contribution in [-0.4, -0.2) is 42.1 Å². The zero-order chi connectivity index (χ0) is 20.2. The van der Waals surface area contributed by atoms with Crippen LogP contribution in [0.5, 0.6) is 23.0 Å². The summed E-state index contributed by atoms with van der Waals surface area (Å²) >= 11 is 0. The Morgan fingerprint density at radius 2 is 1.86 bits per heavy atom. The fourth-order valence-corrected chi connectivity index (χ4v) is 3.50. The van der Waals surface area contributed by atoms with Crippen molar-refractivity contribution in [1.29, 1.82) is 0 Å². The van der Waals surface area contributed by atoms with Crippen molar-refractivity contribution in [2.24, 2.45) is 0 Å². The van der Waals surface area contributed by atoms with E-state index in [2.05, 4.69) is 11.1 Å². The predicted molar refractivity (Wildman–Crippen MR) is 110 cm³/mol. The number of fused-ring (bicyclic) bond motifs is 1. The molecule has 2 aromatic carbocycles. The lowest BCUT2D eigenvalue weighted by molar-refractivity contribution is -0.130. The lowest BCUT2D eigenvalue weighted by Gasteiger charge is -2.31. The molecule has 2 heterocycles. The summed E-state index contributed by atoms with van der Waals surface area (Å²) in [5.41, 5.74) is 0.766. The number of piperidine rings is 1. The summed E-state index contributed by atoms with van der Waals surface area (Å²) in [5, 5.41) is 0.843. The van der Waals surface area contributed by atoms with Gasteiger partial charge in [0.05, 0.1) is 12.6 Å². The first kappa shape index (κ1) is 19.1. The highest BCUT2D eigenvalue weighted by Gasteiger charge is 2.23. The molecule has 149 valence electrons. The first-order chi connectivity index (χ1) is 14.1. The second-order valence-corrected chi connectivity index (χ2v) is 6.99. The Morgan fingerprint density at radius 3 is 2.55 bits per heavy atom. The van der Waals surface area contributed by atoms with Crippen molar-refractivity contribution < 1.29 is 19.0 Å². The maximum absolute atomic E-state index is 11.5. The topological polar surface area (TPSA) is 60.9 Å². The van der Waals surface area contributed by atoms with Gasteiger partial charge in [-0.05, 0) is 30.3 Å². The van der Waals surface area contributed by atoms with Crippen LogP contribution in [0.2, 0.25) is 0 Å². The fourth-order valence-electron chi connectivity index (χ4n) is 3.50. The van der Waals surface area contributed by atoms with Gasteiger partial charge in [-0.25, -0.2) is 0 Å². The Balaban J connectivity index is 1.59. The molecule has 1 fully saturated rings. The average molecular weight is 391 g/mol. The van der Waals surface area contributed by atoms with Gasteiger partial charge in [-0.2, -0.15) is 0 Å². The molecule has 0 aliphatic carbocycles. The number of carbonyl (C=O) groups excluding carboxylic acids is 1. The summed E-state index contributed by atoms with van der Waals surface area (Å²) < 4.78 is 17.8. The highest BCUT2D eigenvalue weighted by molar-refractivity contribution is 5.88. The van der Waals surface area contributed by atoms with Crippen molar-refractivity contribution >= 4 is 16.8 Å². The van der Waals surface area contributed by atoms with E-state index in [1.54, 1.807) is 20.2 Å². The summed E-state index contributed by atoms with van der Waals surface area (Å²) in [6.07, 6.45) is 3.34. The lowest BCUT2D eigenvalue weighted by Crippen LogP contribution is -2.40. The number of rotatable bonds is 5. The van der Waals surface area contributed by atoms with E-state index in [1.807, 2.05) is 47.4 Å². The molecule has 1 saturated heterocycles. The third-order valence-corrected chi connectivity index (χ3v) is 5.08. The van der Waals surface area contributed by atoms with Crippen molar-refractivity contribution in [3.05, 3.63) is 54.7 Å². The number of carbonyl (C=O) groups is 1. The molecular weight excluding hydrogens is 368 g/mol. The van der Waals surface area contributed by atoms with Crippen molar-refractivity contribution in [3.8, 4) is 23.0 Å². The number of methoxy groups -OCH3 is 1. The lowest BCUT2D eigenvalue weighted by atomic mass is 10.1. The Hall–Kier alpha value is -3.28. The smallest absolute Gasteiger partial charge is 0.219 e. The van der Waals surface area contributed by atoms with E-state index < -0.39 is 0 Å². The van der Waals surface area contributed by atoms with Gasteiger partial charge >= 0.3 is 0 Å². The molecule has 0 N–H and O–H groups in total. The van der Waals surface area contributed by atoms with Gasteiger partial charge in [0.2, 0.25) is 5.91 Å². The first-order valence-electron chi connectivity index (χ1n) is 9.67. The number of ether oxygens (including phenoxy) is 3. The van der Waals surface area contributed by atoms with E-state index >= 15 is 0 Å². The largest absolute Gasteiger partial charge is 0.493 e. The zero-order valence-corrected chi connectivity index (χ0v) is 16.6. The molecule has 0 bridgehead atoms. The van der Waals surface area contributed by atoms with Crippen LogP contribution < -0.4 is 14.2 Å². The molecule has 3 aromatic rings. The highest BCUT2D eigenvalue weighted by atomic mass is 16.5. The number of aromatic nitrogens is 1. The van der Waals surface area contributed by atoms with Crippen molar-refractivity contribution in [3.63, 3.8) is 0 Å². The fraction of sp³-hybridized carbons (Fsp3) is 0.304. The number of hydrogen-bond acceptors (Lipinski definition) is 5. The van der Waals surface area contributed by atoms with Crippen LogP contribution in [0, 0.1) is 6.07 Å². The SMILES string of the molecule is COc1cc2c(Oc3cc[c]cc3)ccnc2cc1OC1CCN(C(C)=O)CC1. The molecule has 0 unspecified atom stereocenters. The molecule has 1 radical (unpaired) electrons. The van der Waals surface area contributed by atoms with Gasteiger partial charge in [0.1, 0.15) is 17.6 Å². The second-order valence-electron chi connectivity index (χ2n) is 6.99. The standard InChI is InChI=1S/C23H23N2O4/c1-16(26)25-12-9-18(10-13-25)29-23-15-20-19(14-22(23)27-2)21(8-11-24-20)28-17-6-4-3-5-7-17/h4-8,11,14-15,18H,9-10,12-13H2,1-2H3. The van der Waals surface area contributed by atoms with E-state index in [0.29, 0.717) is 30.3 Å². The highest BCUT2D eigenvalue weighted by Crippen LogP contribution is 2.38. The first-order valence-corrected chi connectivity index (χ1v) is 9.67. The number of benzene rings is 2. The number of likely N-dealkylation sites (tertiary alicyclic amines) is 1. The van der Waals surface area contributed by atoms with Crippen LogP contribution in [0.15, 0.2) is 48.7 Å². The van der Waals surface area contributed by atoms with Crippen LogP contribution in [0.1, 0.15) is 19.8 Å². The molecule has 1 aliphatic heterocycles. The van der Waals surface area contributed by atoms with Crippen LogP contribution in [0.3, 0.4) is 0 Å². The van der Waals surface area contributed by atoms with Crippen molar-refractivity contribution in [2.45, 2.75) is 25.9 Å². The zero-order valence-electron chi connectivity index (χ0n) is 16.6. The molecule has 0 spiro atoms. The number of hydrogen-bond donors (Lipinski definition) is 0. The van der Waals surface area contributed by atoms with Gasteiger partial charge in [-0.1, -0.05) is 12.1 Å². The minimum atomic E-state index is 0.0388.